The lowest BCUT2D eigenvalue weighted by Crippen LogP contribution is -2.10. The predicted molar refractivity (Wildman–Crippen MR) is 142 cm³/mol. The number of carbonyl (C=O) groups is 1. The van der Waals surface area contributed by atoms with E-state index in [0.29, 0.717) is 17.7 Å². The number of hydrogen-bond donors (Lipinski definition) is 1. The lowest BCUT2D eigenvalue weighted by Gasteiger charge is -2.19. The van der Waals surface area contributed by atoms with Crippen molar-refractivity contribution < 1.29 is 19.4 Å². The molecule has 0 amide bonds. The predicted octanol–water partition coefficient (Wildman–Crippen LogP) is 6.74. The van der Waals surface area contributed by atoms with Crippen LogP contribution in [0.5, 0.6) is 5.75 Å². The van der Waals surface area contributed by atoms with Crippen LogP contribution in [0.1, 0.15) is 44.2 Å². The molecule has 0 radical (unpaired) electrons. The molecular formula is C31H34O4. The number of ether oxygens (including phenoxy) is 2. The number of rotatable bonds is 9. The third-order valence-electron chi connectivity index (χ3n) is 6.58. The molecule has 3 aromatic carbocycles. The molecule has 0 aromatic heterocycles. The third kappa shape index (κ3) is 6.20. The van der Waals surface area contributed by atoms with Gasteiger partial charge in [0.1, 0.15) is 12.4 Å². The van der Waals surface area contributed by atoms with Crippen LogP contribution in [-0.4, -0.2) is 30.9 Å². The summed E-state index contributed by atoms with van der Waals surface area (Å²) in [7, 11) is 0. The number of fused-ring (bicyclic) bond motifs is 1. The fourth-order valence-electron chi connectivity index (χ4n) is 4.48. The van der Waals surface area contributed by atoms with Crippen molar-refractivity contribution in [3.05, 3.63) is 84.0 Å². The van der Waals surface area contributed by atoms with Gasteiger partial charge in [0.15, 0.2) is 0 Å². The Balaban J connectivity index is 1.58. The second-order valence-electron chi connectivity index (χ2n) is 9.45. The van der Waals surface area contributed by atoms with Gasteiger partial charge in [0.2, 0.25) is 0 Å². The summed E-state index contributed by atoms with van der Waals surface area (Å²) < 4.78 is 11.0. The maximum Gasteiger partial charge on any atom is 0.333 e. The van der Waals surface area contributed by atoms with E-state index in [-0.39, 0.29) is 19.8 Å². The lowest BCUT2D eigenvalue weighted by molar-refractivity contribution is -0.138. The van der Waals surface area contributed by atoms with Crippen LogP contribution in [0, 0.1) is 5.92 Å². The molecule has 1 atom stereocenters. The minimum atomic E-state index is -0.397. The molecule has 4 nitrogen and oxygen atoms in total. The molecule has 0 bridgehead atoms. The number of allylic oxidation sites excluding steroid dienone is 2. The number of benzene rings is 3. The van der Waals surface area contributed by atoms with E-state index in [9.17, 15) is 4.79 Å². The Morgan fingerprint density at radius 3 is 2.37 bits per heavy atom. The zero-order chi connectivity index (χ0) is 24.8. The maximum atomic E-state index is 11.8. The van der Waals surface area contributed by atoms with Gasteiger partial charge in [-0.2, -0.15) is 0 Å². The van der Waals surface area contributed by atoms with Crippen LogP contribution in [0.2, 0.25) is 0 Å². The first-order valence-electron chi connectivity index (χ1n) is 12.4. The molecule has 0 fully saturated rings. The largest absolute Gasteiger partial charge is 0.491 e. The van der Waals surface area contributed by atoms with Crippen molar-refractivity contribution in [3.63, 3.8) is 0 Å². The molecule has 0 saturated heterocycles. The van der Waals surface area contributed by atoms with Crippen LogP contribution in [-0.2, 0) is 16.0 Å². The summed E-state index contributed by atoms with van der Waals surface area (Å²) in [5.74, 6) is 1.08. The summed E-state index contributed by atoms with van der Waals surface area (Å²) in [6.45, 7) is 7.96. The Labute approximate surface area is 207 Å². The van der Waals surface area contributed by atoms with Crippen molar-refractivity contribution in [1.82, 2.24) is 0 Å². The van der Waals surface area contributed by atoms with Crippen LogP contribution in [0.15, 0.2) is 72.8 Å². The highest BCUT2D eigenvalue weighted by molar-refractivity contribution is 5.90. The van der Waals surface area contributed by atoms with Gasteiger partial charge in [-0.05, 0) is 95.0 Å². The monoisotopic (exact) mass is 470 g/mol. The van der Waals surface area contributed by atoms with E-state index in [1.54, 1.807) is 6.92 Å². The van der Waals surface area contributed by atoms with Crippen molar-refractivity contribution >= 4 is 22.3 Å². The first kappa shape index (κ1) is 24.7. The van der Waals surface area contributed by atoms with E-state index < -0.39 is 5.97 Å². The Kier molecular flexibility index (Phi) is 8.04. The average Bonchev–Trinajstić information content (AvgIpc) is 2.87. The lowest BCUT2D eigenvalue weighted by atomic mass is 9.87. The molecule has 4 heteroatoms. The SMILES string of the molecule is C=C(C)C(=O)OCCc1cc(-c2ccc3cc(C4=CCC(C)CC4)ccc3c2)ccc1OCCO. The summed E-state index contributed by atoms with van der Waals surface area (Å²) in [5, 5.41) is 11.6. The highest BCUT2D eigenvalue weighted by Gasteiger charge is 2.13. The van der Waals surface area contributed by atoms with Gasteiger partial charge in [0, 0.05) is 12.0 Å². The van der Waals surface area contributed by atoms with Gasteiger partial charge in [-0.3, -0.25) is 0 Å². The van der Waals surface area contributed by atoms with Crippen molar-refractivity contribution in [2.45, 2.75) is 39.5 Å². The van der Waals surface area contributed by atoms with Gasteiger partial charge in [0.05, 0.1) is 13.2 Å². The smallest absolute Gasteiger partial charge is 0.333 e. The zero-order valence-electron chi connectivity index (χ0n) is 20.7. The summed E-state index contributed by atoms with van der Waals surface area (Å²) in [5.41, 5.74) is 6.28. The second kappa shape index (κ2) is 11.4. The fraction of sp³-hybridized carbons (Fsp3) is 0.323. The van der Waals surface area contributed by atoms with Gasteiger partial charge in [0.25, 0.3) is 0 Å². The van der Waals surface area contributed by atoms with Crippen LogP contribution in [0.3, 0.4) is 0 Å². The van der Waals surface area contributed by atoms with E-state index in [2.05, 4.69) is 62.0 Å². The molecule has 4 rings (SSSR count). The van der Waals surface area contributed by atoms with E-state index in [0.717, 1.165) is 29.0 Å². The van der Waals surface area contributed by atoms with Gasteiger partial charge >= 0.3 is 5.97 Å². The van der Waals surface area contributed by atoms with Crippen molar-refractivity contribution in [2.75, 3.05) is 19.8 Å². The van der Waals surface area contributed by atoms with Gasteiger partial charge in [-0.25, -0.2) is 4.79 Å². The topological polar surface area (TPSA) is 55.8 Å². The summed E-state index contributed by atoms with van der Waals surface area (Å²) in [6.07, 6.45) is 6.49. The molecule has 182 valence electrons. The minimum absolute atomic E-state index is 0.0611. The van der Waals surface area contributed by atoms with Gasteiger partial charge < -0.3 is 14.6 Å². The Morgan fingerprint density at radius 2 is 1.69 bits per heavy atom. The highest BCUT2D eigenvalue weighted by Crippen LogP contribution is 2.33. The molecule has 1 unspecified atom stereocenters. The highest BCUT2D eigenvalue weighted by atomic mass is 16.5. The summed E-state index contributed by atoms with van der Waals surface area (Å²) in [6, 6.07) is 19.3. The molecule has 0 saturated carbocycles. The van der Waals surface area contributed by atoms with Crippen LogP contribution in [0.4, 0.5) is 0 Å². The van der Waals surface area contributed by atoms with Crippen LogP contribution in [0.25, 0.3) is 27.5 Å². The van der Waals surface area contributed by atoms with Crippen LogP contribution < -0.4 is 4.74 Å². The van der Waals surface area contributed by atoms with Crippen molar-refractivity contribution in [3.8, 4) is 16.9 Å². The minimum Gasteiger partial charge on any atom is -0.491 e. The average molecular weight is 471 g/mol. The summed E-state index contributed by atoms with van der Waals surface area (Å²) >= 11 is 0. The Morgan fingerprint density at radius 1 is 1.00 bits per heavy atom. The van der Waals surface area contributed by atoms with E-state index in [1.807, 2.05) is 12.1 Å². The molecule has 1 N–H and O–H groups in total. The normalized spacial score (nSPS) is 15.5. The first-order valence-corrected chi connectivity index (χ1v) is 12.4. The molecule has 1 aliphatic carbocycles. The maximum absolute atomic E-state index is 11.8. The van der Waals surface area contributed by atoms with Crippen LogP contribution >= 0.6 is 0 Å². The number of aliphatic hydroxyl groups is 1. The molecule has 35 heavy (non-hydrogen) atoms. The quantitative estimate of drug-likeness (QED) is 0.278. The number of carbonyl (C=O) groups excluding carboxylic acids is 1. The molecule has 0 aliphatic heterocycles. The third-order valence-corrected chi connectivity index (χ3v) is 6.58. The zero-order valence-corrected chi connectivity index (χ0v) is 20.7. The summed E-state index contributed by atoms with van der Waals surface area (Å²) in [4.78, 5) is 11.8. The van der Waals surface area contributed by atoms with E-state index in [4.69, 9.17) is 14.6 Å². The Hall–Kier alpha value is -3.37. The molecular weight excluding hydrogens is 436 g/mol. The molecule has 1 aliphatic rings. The number of esters is 1. The van der Waals surface area contributed by atoms with E-state index in [1.165, 1.54) is 34.8 Å². The molecule has 0 spiro atoms. The van der Waals surface area contributed by atoms with Gasteiger partial charge in [-0.15, -0.1) is 0 Å². The van der Waals surface area contributed by atoms with Crippen molar-refractivity contribution in [1.29, 1.82) is 0 Å². The Bertz CT molecular complexity index is 1250. The number of hydrogen-bond acceptors (Lipinski definition) is 4. The fourth-order valence-corrected chi connectivity index (χ4v) is 4.48. The first-order chi connectivity index (χ1) is 16.9. The standard InChI is InChI=1S/C31H34O4/c1-21(2)31(33)35-16-14-29-20-28(12-13-30(29)34-17-15-32)27-11-10-25-18-24(8-9-26(25)19-27)23-6-4-22(3)5-7-23/h6,8-13,18-20,22,32H,1,4-5,7,14-17H2,2-3H3. The van der Waals surface area contributed by atoms with Crippen molar-refractivity contribution in [2.24, 2.45) is 5.92 Å². The molecule has 3 aromatic rings. The van der Waals surface area contributed by atoms with Gasteiger partial charge in [-0.1, -0.05) is 49.9 Å². The van der Waals surface area contributed by atoms with E-state index >= 15 is 0 Å². The second-order valence-corrected chi connectivity index (χ2v) is 9.45. The number of aliphatic hydroxyl groups excluding tert-OH is 1. The molecule has 0 heterocycles.